The molecule has 0 aliphatic rings. The molecule has 1 heterocycles. The number of aliphatic carboxylic acids is 1. The summed E-state index contributed by atoms with van der Waals surface area (Å²) < 4.78 is 62.7. The first kappa shape index (κ1) is 42.8. The molecule has 0 radical (unpaired) electrons. The maximum atomic E-state index is 15.6. The molecule has 1 unspecified atom stereocenters. The first-order valence-electron chi connectivity index (χ1n) is 16.1. The van der Waals surface area contributed by atoms with E-state index in [2.05, 4.69) is 15.6 Å². The summed E-state index contributed by atoms with van der Waals surface area (Å²) in [5.41, 5.74) is 1.29. The van der Waals surface area contributed by atoms with Crippen molar-refractivity contribution in [3.63, 3.8) is 0 Å². The fourth-order valence-electron chi connectivity index (χ4n) is 4.95. The molecule has 3 aromatic carbocycles. The van der Waals surface area contributed by atoms with Crippen LogP contribution in [0.25, 0.3) is 10.8 Å². The normalized spacial score (nSPS) is 12.1. The van der Waals surface area contributed by atoms with Crippen molar-refractivity contribution in [1.82, 2.24) is 10.3 Å². The van der Waals surface area contributed by atoms with Crippen LogP contribution < -0.4 is 26.2 Å². The molecule has 2 amide bonds. The smallest absolute Gasteiger partial charge is 0.490 e. The van der Waals surface area contributed by atoms with E-state index < -0.39 is 48.0 Å². The molecule has 13 nitrogen and oxygen atoms in total. The summed E-state index contributed by atoms with van der Waals surface area (Å²) in [6, 6.07) is 13.9. The number of esters is 1. The van der Waals surface area contributed by atoms with Crippen molar-refractivity contribution in [2.24, 2.45) is 5.84 Å². The van der Waals surface area contributed by atoms with Crippen molar-refractivity contribution < 1.29 is 56.1 Å². The van der Waals surface area contributed by atoms with Crippen LogP contribution in [0.2, 0.25) is 0 Å². The number of anilines is 2. The minimum absolute atomic E-state index is 0.0412. The van der Waals surface area contributed by atoms with Crippen LogP contribution in [0.1, 0.15) is 50.4 Å². The van der Waals surface area contributed by atoms with Gasteiger partial charge in [0, 0.05) is 39.2 Å². The number of pyridine rings is 1. The number of thioether (sulfide) groups is 1. The average molecular weight is 778 g/mol. The van der Waals surface area contributed by atoms with Gasteiger partial charge >= 0.3 is 24.2 Å². The van der Waals surface area contributed by atoms with E-state index in [1.54, 1.807) is 61.8 Å². The van der Waals surface area contributed by atoms with Gasteiger partial charge in [0.2, 0.25) is 5.91 Å². The second-order valence-corrected chi connectivity index (χ2v) is 13.1. The third-order valence-corrected chi connectivity index (χ3v) is 8.46. The highest BCUT2D eigenvalue weighted by atomic mass is 32.2. The van der Waals surface area contributed by atoms with E-state index in [0.29, 0.717) is 29.3 Å². The fraction of sp³-hybridized carbons (Fsp3) is 0.306. The van der Waals surface area contributed by atoms with Gasteiger partial charge in [-0.05, 0) is 72.5 Å². The van der Waals surface area contributed by atoms with E-state index in [1.165, 1.54) is 49.2 Å². The monoisotopic (exact) mass is 777 g/mol. The molecule has 0 spiro atoms. The SMILES string of the molecule is CCOc1ccc(F)c(C(C(=O)N[C@H](CC(=O)OC)c2cc(NC(=O)OC)ccc2SC(C)C)N(N)c2ccc3cnccc3c2)c1.O=C(O)C(F)(F)F. The Morgan fingerprint density at radius 3 is 2.28 bits per heavy atom. The summed E-state index contributed by atoms with van der Waals surface area (Å²) in [4.78, 5) is 53.0. The van der Waals surface area contributed by atoms with E-state index in [0.717, 1.165) is 15.7 Å². The zero-order valence-corrected chi connectivity index (χ0v) is 30.6. The van der Waals surface area contributed by atoms with Gasteiger partial charge in [-0.1, -0.05) is 19.9 Å². The number of nitrogens with zero attached hydrogens (tertiary/aromatic N) is 2. The Morgan fingerprint density at radius 2 is 1.67 bits per heavy atom. The predicted molar refractivity (Wildman–Crippen MR) is 193 cm³/mol. The summed E-state index contributed by atoms with van der Waals surface area (Å²) in [7, 11) is 2.48. The molecule has 0 saturated heterocycles. The van der Waals surface area contributed by atoms with Crippen LogP contribution in [0, 0.1) is 5.82 Å². The number of benzene rings is 3. The second kappa shape index (κ2) is 19.5. The number of hydrogen-bond donors (Lipinski definition) is 4. The van der Waals surface area contributed by atoms with Gasteiger partial charge in [-0.25, -0.2) is 19.8 Å². The highest BCUT2D eigenvalue weighted by Gasteiger charge is 2.38. The predicted octanol–water partition coefficient (Wildman–Crippen LogP) is 6.93. The molecule has 1 aromatic heterocycles. The number of nitrogens with one attached hydrogen (secondary N) is 2. The average Bonchev–Trinajstić information content (AvgIpc) is 3.12. The molecular weight excluding hydrogens is 738 g/mol. The minimum Gasteiger partial charge on any atom is -0.494 e. The van der Waals surface area contributed by atoms with Crippen molar-refractivity contribution in [1.29, 1.82) is 0 Å². The van der Waals surface area contributed by atoms with E-state index in [4.69, 9.17) is 30.0 Å². The van der Waals surface area contributed by atoms with Crippen LogP contribution in [-0.4, -0.2) is 66.3 Å². The molecule has 0 aliphatic heterocycles. The van der Waals surface area contributed by atoms with Crippen molar-refractivity contribution in [2.45, 2.75) is 55.6 Å². The number of amides is 2. The third kappa shape index (κ3) is 12.0. The number of fused-ring (bicyclic) bond motifs is 1. The lowest BCUT2D eigenvalue weighted by Crippen LogP contribution is -2.46. The number of aromatic nitrogens is 1. The highest BCUT2D eigenvalue weighted by molar-refractivity contribution is 8.00. The van der Waals surface area contributed by atoms with E-state index >= 15 is 4.39 Å². The van der Waals surface area contributed by atoms with E-state index in [9.17, 15) is 27.6 Å². The van der Waals surface area contributed by atoms with Crippen molar-refractivity contribution >= 4 is 57.8 Å². The number of nitrogens with two attached hydrogens (primary N) is 1. The van der Waals surface area contributed by atoms with Crippen LogP contribution in [0.15, 0.2) is 78.0 Å². The first-order valence-corrected chi connectivity index (χ1v) is 17.0. The number of alkyl halides is 3. The van der Waals surface area contributed by atoms with Crippen molar-refractivity contribution in [3.05, 3.63) is 90.0 Å². The zero-order chi connectivity index (χ0) is 40.2. The standard InChI is InChI=1S/C34H38FN5O6S.C2HF3O2/c1-6-46-25-10-11-28(35)26(17-25)32(40(36)24-9-7-22-19-37-14-13-21(22)15-24)33(42)39-29(18-31(41)44-4)27-16-23(38-34(43)45-5)8-12-30(27)47-20(2)3;3-2(4,5)1(6)7/h7-17,19-20,29,32H,6,18,36H2,1-5H3,(H,38,43)(H,39,42);(H,6,7)/t29-,32?;/m1./s1. The molecule has 4 aromatic rings. The summed E-state index contributed by atoms with van der Waals surface area (Å²) in [6.07, 6.45) is -2.71. The van der Waals surface area contributed by atoms with Gasteiger partial charge in [0.15, 0.2) is 6.04 Å². The van der Waals surface area contributed by atoms with Gasteiger partial charge < -0.3 is 24.6 Å². The van der Waals surface area contributed by atoms with Gasteiger partial charge in [0.05, 0.1) is 39.0 Å². The van der Waals surface area contributed by atoms with E-state index in [1.807, 2.05) is 13.8 Å². The van der Waals surface area contributed by atoms with Crippen LogP contribution in [0.4, 0.5) is 33.7 Å². The van der Waals surface area contributed by atoms with Crippen molar-refractivity contribution in [3.8, 4) is 5.75 Å². The maximum absolute atomic E-state index is 15.6. The lowest BCUT2D eigenvalue weighted by atomic mass is 9.99. The Morgan fingerprint density at radius 1 is 0.963 bits per heavy atom. The molecule has 5 N–H and O–H groups in total. The quantitative estimate of drug-likeness (QED) is 0.0362. The molecule has 2 atom stereocenters. The number of hydrazine groups is 1. The van der Waals surface area contributed by atoms with Gasteiger partial charge in [-0.3, -0.25) is 24.9 Å². The number of carbonyl (C=O) groups excluding carboxylic acids is 3. The Labute approximate surface area is 312 Å². The van der Waals surface area contributed by atoms with Crippen LogP contribution >= 0.6 is 11.8 Å². The number of carboxylic acids is 1. The lowest BCUT2D eigenvalue weighted by molar-refractivity contribution is -0.192. The molecule has 54 heavy (non-hydrogen) atoms. The van der Waals surface area contributed by atoms with Gasteiger partial charge in [0.25, 0.3) is 0 Å². The lowest BCUT2D eigenvalue weighted by Gasteiger charge is -2.31. The van der Waals surface area contributed by atoms with E-state index in [-0.39, 0.29) is 17.2 Å². The largest absolute Gasteiger partial charge is 0.494 e. The summed E-state index contributed by atoms with van der Waals surface area (Å²) in [5, 5.41) is 15.7. The number of carboxylic acid groups (broad SMARTS) is 1. The summed E-state index contributed by atoms with van der Waals surface area (Å²) in [6.45, 7) is 6.11. The van der Waals surface area contributed by atoms with Gasteiger partial charge in [-0.2, -0.15) is 13.2 Å². The Hall–Kier alpha value is -5.62. The molecule has 290 valence electrons. The highest BCUT2D eigenvalue weighted by Crippen LogP contribution is 2.36. The molecule has 0 bridgehead atoms. The number of halogens is 4. The Bertz CT molecular complexity index is 1950. The Balaban J connectivity index is 0.00000102. The molecule has 0 saturated carbocycles. The molecule has 0 aliphatic carbocycles. The maximum Gasteiger partial charge on any atom is 0.490 e. The fourth-order valence-corrected chi connectivity index (χ4v) is 5.95. The third-order valence-electron chi connectivity index (χ3n) is 7.36. The van der Waals surface area contributed by atoms with Crippen molar-refractivity contribution in [2.75, 3.05) is 31.2 Å². The molecular formula is C36H39F4N5O8S. The second-order valence-electron chi connectivity index (χ2n) is 11.5. The van der Waals surface area contributed by atoms with Crippen LogP contribution in [0.3, 0.4) is 0 Å². The Kier molecular flexibility index (Phi) is 15.4. The number of methoxy groups -OCH3 is 2. The summed E-state index contributed by atoms with van der Waals surface area (Å²) in [5.74, 6) is 2.29. The summed E-state index contributed by atoms with van der Waals surface area (Å²) >= 11 is 1.50. The molecule has 0 fully saturated rings. The minimum atomic E-state index is -5.08. The van der Waals surface area contributed by atoms with Gasteiger partial charge in [0.1, 0.15) is 11.6 Å². The van der Waals surface area contributed by atoms with Crippen LogP contribution in [-0.2, 0) is 23.9 Å². The molecule has 18 heteroatoms. The number of rotatable bonds is 13. The first-order chi connectivity index (χ1) is 25.5. The molecule has 4 rings (SSSR count). The zero-order valence-electron chi connectivity index (χ0n) is 29.8. The topological polar surface area (TPSA) is 182 Å². The number of hydrogen-bond acceptors (Lipinski definition) is 11. The van der Waals surface area contributed by atoms with Crippen LogP contribution in [0.5, 0.6) is 5.75 Å². The number of ether oxygens (including phenoxy) is 3. The number of carbonyl (C=O) groups is 4. The van der Waals surface area contributed by atoms with Gasteiger partial charge in [-0.15, -0.1) is 11.8 Å².